The lowest BCUT2D eigenvalue weighted by molar-refractivity contribution is -0.162. The molecule has 0 bridgehead atoms. The molecule has 4 atom stereocenters. The SMILES string of the molecule is CC(=O)[C@@H](OC(C)(C)C)c1c(C)c(C)c2ccccc2c1-c1ccc2c3c(ccnc13)CCO2.CC(=O)[C@@H](OC(C)(C)C)c1c2c(c3ccccc3c1-c1ccc3c4c(ccnc14)CCO3)COC2.[C-]#[N+]c1ccc2c(-c3ccc4c5c(ccnc35)CCO4)c([C@H](OC(C)(C)C)C(C)=O)c(C)cc2c1.[C-]#[N+]c1ccc2c(-c3ccc4c5c(ccnc35)CCO4)c([C@H](OC(C)(C)CC)C(=O)O)c(C)cc2c1. The number of carbonyl (C=O) groups excluding carboxylic acids is 3. The van der Waals surface area contributed by atoms with Crippen LogP contribution in [0.15, 0.2) is 195 Å². The van der Waals surface area contributed by atoms with Crippen LogP contribution in [0.1, 0.15) is 213 Å². The fourth-order valence-electron chi connectivity index (χ4n) is 20.8. The van der Waals surface area contributed by atoms with Gasteiger partial charge in [-0.2, -0.15) is 0 Å². The molecule has 12 aromatic carbocycles. The summed E-state index contributed by atoms with van der Waals surface area (Å²) in [5.41, 5.74) is 24.1. The summed E-state index contributed by atoms with van der Waals surface area (Å²) in [6.07, 6.45) is 8.08. The number of aryl methyl sites for hydroxylation is 3. The molecule has 20 nitrogen and oxygen atoms in total. The van der Waals surface area contributed by atoms with Crippen molar-refractivity contribution in [3.63, 3.8) is 0 Å². The fraction of sp³-hybridized carbons (Fsp3) is 0.317. The zero-order valence-electron chi connectivity index (χ0n) is 83.0. The van der Waals surface area contributed by atoms with Gasteiger partial charge in [0.2, 0.25) is 0 Å². The number of carboxylic acid groups (broad SMARTS) is 1. The van der Waals surface area contributed by atoms with Crippen LogP contribution >= 0.6 is 0 Å². The largest absolute Gasteiger partial charge is 0.493 e. The highest BCUT2D eigenvalue weighted by molar-refractivity contribution is 6.15. The average Bonchev–Trinajstić information content (AvgIpc) is 1.49. The van der Waals surface area contributed by atoms with Crippen molar-refractivity contribution >= 4 is 121 Å². The Morgan fingerprint density at radius 3 is 1.06 bits per heavy atom. The summed E-state index contributed by atoms with van der Waals surface area (Å²) in [7, 11) is 0. The van der Waals surface area contributed by atoms with E-state index in [1.54, 1.807) is 33.0 Å². The normalized spacial score (nSPS) is 14.5. The highest BCUT2D eigenvalue weighted by Gasteiger charge is 2.40. The molecule has 710 valence electrons. The molecule has 140 heavy (non-hydrogen) atoms. The topological polar surface area (TPSA) is 232 Å². The number of carbonyl (C=O) groups is 4. The van der Waals surface area contributed by atoms with Crippen molar-refractivity contribution in [2.75, 3.05) is 26.4 Å². The maximum absolute atomic E-state index is 13.2. The Balaban J connectivity index is 0.000000124. The molecule has 0 amide bonds. The van der Waals surface area contributed by atoms with Gasteiger partial charge in [0.05, 0.1) is 97.3 Å². The average molecular weight is 1870 g/mol. The molecule has 5 aliphatic heterocycles. The molecule has 21 rings (SSSR count). The lowest BCUT2D eigenvalue weighted by atomic mass is 9.82. The summed E-state index contributed by atoms with van der Waals surface area (Å²) in [6, 6.07) is 56.4. The van der Waals surface area contributed by atoms with E-state index in [0.717, 1.165) is 230 Å². The van der Waals surface area contributed by atoms with Gasteiger partial charge in [0.1, 0.15) is 41.3 Å². The number of carboxylic acids is 1. The standard InChI is InChI=1S/C30H28N2O4.C30H28N2O3.C30H29NO4.C30H31NO3/c1-6-30(3,4)36-28(29(33)34)24-17(2)15-19-16-20(31-5)7-8-21(19)26(24)22-9-10-23-25-18(12-14-35-23)11-13-32-27(22)25;1-17-15-20-16-21(31-6)7-8-22(20)27(25(17)29(18(2)33)35-30(3,4)5)23-9-10-24-26-19(12-14-34-24)11-13-32-28(23)26;1-17(32)29(35-30(2,3)4)27-23-16-33-15-22(23)19-7-5-6-8-20(19)26(27)21-9-10-24-25-18(12-14-34-24)11-13-31-28(21)25;1-17-18(2)25(29(19(3)32)34-30(4,5)6)27(22-10-8-7-9-21(17)22)23-11-12-24-26-20(14-16-33-24)13-15-31-28(23)26/h7-11,13,15-16,28H,6,12,14H2,1-4H3,(H,33,34);7-11,13,15-16,29H,12,14H2,1-5H3;5-11,13,29H,12,14-16H2,1-4H3;7-13,15,29H,14,16H2,1-6H3/t28-;3*29-/m0111/s1. The molecule has 16 aromatic rings. The second kappa shape index (κ2) is 38.2. The quantitative estimate of drug-likeness (QED) is 0.0787. The molecular formula is C120H116N6O14. The zero-order valence-corrected chi connectivity index (χ0v) is 83.0. The maximum atomic E-state index is 13.2. The van der Waals surface area contributed by atoms with Crippen LogP contribution in [0.2, 0.25) is 0 Å². The molecule has 20 heteroatoms. The van der Waals surface area contributed by atoms with E-state index in [1.165, 1.54) is 22.1 Å². The van der Waals surface area contributed by atoms with Crippen molar-refractivity contribution in [3.8, 4) is 67.5 Å². The number of Topliss-reactive ketones (excluding diaryl/α,β-unsaturated/α-hetero) is 3. The third kappa shape index (κ3) is 18.4. The van der Waals surface area contributed by atoms with Gasteiger partial charge in [0.15, 0.2) is 34.8 Å². The minimum Gasteiger partial charge on any atom is -0.493 e. The first kappa shape index (κ1) is 96.1. The van der Waals surface area contributed by atoms with Crippen molar-refractivity contribution in [2.24, 2.45) is 0 Å². The highest BCUT2D eigenvalue weighted by Crippen LogP contribution is 2.54. The summed E-state index contributed by atoms with van der Waals surface area (Å²) < 4.78 is 55.4. The molecule has 0 saturated heterocycles. The minimum absolute atomic E-state index is 0.00650. The van der Waals surface area contributed by atoms with Crippen molar-refractivity contribution in [1.82, 2.24) is 19.9 Å². The van der Waals surface area contributed by atoms with Gasteiger partial charge in [0, 0.05) is 105 Å². The predicted octanol–water partition coefficient (Wildman–Crippen LogP) is 28.0. The third-order valence-corrected chi connectivity index (χ3v) is 27.2. The highest BCUT2D eigenvalue weighted by atomic mass is 16.5. The van der Waals surface area contributed by atoms with Crippen LogP contribution in [-0.4, -0.2) is 97.2 Å². The van der Waals surface area contributed by atoms with Crippen LogP contribution in [0.25, 0.3) is 141 Å². The smallest absolute Gasteiger partial charge is 0.337 e. The number of rotatable bonds is 18. The summed E-state index contributed by atoms with van der Waals surface area (Å²) in [4.78, 5) is 78.4. The Kier molecular flexibility index (Phi) is 26.2. The van der Waals surface area contributed by atoms with Gasteiger partial charge in [-0.1, -0.05) is 91.9 Å². The number of hydrogen-bond donors (Lipinski definition) is 1. The molecular weight excluding hydrogens is 1750 g/mol. The molecule has 4 aromatic heterocycles. The maximum Gasteiger partial charge on any atom is 0.337 e. The minimum atomic E-state index is -1.18. The van der Waals surface area contributed by atoms with Crippen molar-refractivity contribution in [3.05, 3.63) is 295 Å². The van der Waals surface area contributed by atoms with Crippen LogP contribution in [0.5, 0.6) is 23.0 Å². The molecule has 0 radical (unpaired) electrons. The van der Waals surface area contributed by atoms with Crippen LogP contribution < -0.4 is 18.9 Å². The number of aliphatic carboxylic acids is 1. The number of hydrogen-bond acceptors (Lipinski definition) is 17. The van der Waals surface area contributed by atoms with Gasteiger partial charge in [-0.3, -0.25) is 34.3 Å². The van der Waals surface area contributed by atoms with E-state index in [2.05, 4.69) is 96.3 Å². The molecule has 5 aliphatic rings. The van der Waals surface area contributed by atoms with Gasteiger partial charge in [-0.25, -0.2) is 14.5 Å². The number of nitrogens with zero attached hydrogens (tertiary/aromatic N) is 6. The number of benzene rings is 12. The molecule has 0 unspecified atom stereocenters. The Labute approximate surface area is 816 Å². The number of ether oxygens (including phenoxy) is 9. The number of aromatic nitrogens is 4. The van der Waals surface area contributed by atoms with Crippen LogP contribution in [0.3, 0.4) is 0 Å². The van der Waals surface area contributed by atoms with Gasteiger partial charge in [-0.05, 0) is 348 Å². The fourth-order valence-corrected chi connectivity index (χ4v) is 20.8. The number of pyridine rings is 4. The van der Waals surface area contributed by atoms with E-state index in [-0.39, 0.29) is 17.3 Å². The van der Waals surface area contributed by atoms with E-state index < -0.39 is 52.8 Å². The second-order valence-corrected chi connectivity index (χ2v) is 40.6. The number of fused-ring (bicyclic) bond motifs is 6. The van der Waals surface area contributed by atoms with Gasteiger partial charge < -0.3 is 47.7 Å². The molecule has 1 N–H and O–H groups in total. The summed E-state index contributed by atoms with van der Waals surface area (Å²) >= 11 is 0. The van der Waals surface area contributed by atoms with E-state index >= 15 is 0 Å². The molecule has 9 heterocycles. The molecule has 0 aliphatic carbocycles. The summed E-state index contributed by atoms with van der Waals surface area (Å²) in [5.74, 6) is 2.23. The Morgan fingerprint density at radius 1 is 0.379 bits per heavy atom. The van der Waals surface area contributed by atoms with Gasteiger partial charge in [0.25, 0.3) is 0 Å². The van der Waals surface area contributed by atoms with Crippen molar-refractivity contribution in [1.29, 1.82) is 0 Å². The summed E-state index contributed by atoms with van der Waals surface area (Å²) in [5, 5.41) is 22.6. The zero-order chi connectivity index (χ0) is 99.0. The van der Waals surface area contributed by atoms with E-state index in [0.29, 0.717) is 63.0 Å². The van der Waals surface area contributed by atoms with Crippen LogP contribution in [0.4, 0.5) is 11.4 Å². The van der Waals surface area contributed by atoms with Crippen molar-refractivity contribution < 1.29 is 66.9 Å². The summed E-state index contributed by atoms with van der Waals surface area (Å²) in [6.45, 7) is 55.1. The second-order valence-electron chi connectivity index (χ2n) is 40.6. The van der Waals surface area contributed by atoms with Gasteiger partial charge >= 0.3 is 5.97 Å². The molecule has 0 saturated carbocycles. The lowest BCUT2D eigenvalue weighted by Crippen LogP contribution is -2.30. The lowest BCUT2D eigenvalue weighted by Gasteiger charge is -2.31. The van der Waals surface area contributed by atoms with Crippen LogP contribution in [-0.2, 0) is 81.8 Å². The van der Waals surface area contributed by atoms with Crippen molar-refractivity contribution in [2.45, 2.75) is 224 Å². The van der Waals surface area contributed by atoms with Crippen LogP contribution in [0, 0.1) is 40.8 Å². The molecule has 0 spiro atoms. The Hall–Kier alpha value is -14.2. The van der Waals surface area contributed by atoms with E-state index in [4.69, 9.17) is 75.7 Å². The first-order chi connectivity index (χ1) is 66.9. The Morgan fingerprint density at radius 2 is 0.707 bits per heavy atom. The molecule has 0 fully saturated rings. The predicted molar refractivity (Wildman–Crippen MR) is 554 cm³/mol. The van der Waals surface area contributed by atoms with E-state index in [1.807, 2.05) is 207 Å². The van der Waals surface area contributed by atoms with E-state index in [9.17, 15) is 24.3 Å². The first-order valence-electron chi connectivity index (χ1n) is 48.1. The number of ketones is 3. The van der Waals surface area contributed by atoms with Gasteiger partial charge in [-0.15, -0.1) is 0 Å². The monoisotopic (exact) mass is 1860 g/mol. The Bertz CT molecular complexity index is 7850. The first-order valence-corrected chi connectivity index (χ1v) is 48.1. The third-order valence-electron chi connectivity index (χ3n) is 27.2.